The van der Waals surface area contributed by atoms with E-state index < -0.39 is 11.9 Å². The summed E-state index contributed by atoms with van der Waals surface area (Å²) in [6.07, 6.45) is -4.04. The second kappa shape index (κ2) is 12.6. The van der Waals surface area contributed by atoms with E-state index >= 15 is 0 Å². The van der Waals surface area contributed by atoms with E-state index in [-0.39, 0.29) is 35.9 Å². The molecule has 1 aromatic heterocycles. The number of halogens is 4. The van der Waals surface area contributed by atoms with Crippen molar-refractivity contribution in [2.75, 3.05) is 45.8 Å². The highest BCUT2D eigenvalue weighted by atomic mass is 127. The van der Waals surface area contributed by atoms with Crippen LogP contribution in [0.4, 0.5) is 13.2 Å². The van der Waals surface area contributed by atoms with E-state index in [0.717, 1.165) is 48.9 Å². The molecule has 172 valence electrons. The fourth-order valence-corrected chi connectivity index (χ4v) is 3.72. The molecule has 1 saturated heterocycles. The van der Waals surface area contributed by atoms with E-state index in [0.29, 0.717) is 31.1 Å². The van der Waals surface area contributed by atoms with Crippen LogP contribution >= 0.6 is 35.3 Å². The van der Waals surface area contributed by atoms with Crippen LogP contribution in [0.1, 0.15) is 31.5 Å². The normalized spacial score (nSPS) is 15.8. The van der Waals surface area contributed by atoms with E-state index in [4.69, 9.17) is 0 Å². The zero-order chi connectivity index (χ0) is 21.4. The van der Waals surface area contributed by atoms with Gasteiger partial charge in [0, 0.05) is 57.1 Å². The number of carbonyl (C=O) groups is 1. The number of nitrogens with zero attached hydrogens (tertiary/aromatic N) is 4. The second-order valence-corrected chi connectivity index (χ2v) is 8.04. The van der Waals surface area contributed by atoms with E-state index in [1.54, 1.807) is 0 Å². The van der Waals surface area contributed by atoms with E-state index in [9.17, 15) is 18.0 Å². The summed E-state index contributed by atoms with van der Waals surface area (Å²) in [7, 11) is 0. The molecule has 2 N–H and O–H groups in total. The SMILES string of the molecule is CCNC(=NCCc1nc(C(F)(F)F)cs1)N1CCN(CC(=O)NC(C)C)CC1.I. The van der Waals surface area contributed by atoms with Crippen LogP contribution in [0.25, 0.3) is 0 Å². The number of hydrogen-bond donors (Lipinski definition) is 2. The fraction of sp³-hybridized carbons (Fsp3) is 0.722. The van der Waals surface area contributed by atoms with E-state index in [1.807, 2.05) is 20.8 Å². The molecular weight excluding hydrogens is 532 g/mol. The predicted molar refractivity (Wildman–Crippen MR) is 124 cm³/mol. The van der Waals surface area contributed by atoms with Gasteiger partial charge < -0.3 is 15.5 Å². The van der Waals surface area contributed by atoms with Gasteiger partial charge in [0.2, 0.25) is 5.91 Å². The summed E-state index contributed by atoms with van der Waals surface area (Å²) in [5, 5.41) is 7.59. The molecule has 0 unspecified atom stereocenters. The Kier molecular flexibility index (Phi) is 11.3. The first-order valence-electron chi connectivity index (χ1n) is 9.75. The van der Waals surface area contributed by atoms with Crippen molar-refractivity contribution in [3.8, 4) is 0 Å². The van der Waals surface area contributed by atoms with Crippen molar-refractivity contribution in [2.45, 2.75) is 39.4 Å². The standard InChI is InChI=1S/C18H29F3N6OS.HI/c1-4-22-17(23-6-5-16-25-14(12-29-16)18(19,20)21)27-9-7-26(8-10-27)11-15(28)24-13(2)3;/h12-13H,4-11H2,1-3H3,(H,22,23)(H,24,28);1H. The topological polar surface area (TPSA) is 72.9 Å². The van der Waals surface area contributed by atoms with Gasteiger partial charge in [0.1, 0.15) is 0 Å². The number of alkyl halides is 3. The molecule has 2 heterocycles. The average molecular weight is 562 g/mol. The molecule has 0 saturated carbocycles. The van der Waals surface area contributed by atoms with Crippen LogP contribution in [0, 0.1) is 0 Å². The fourth-order valence-electron chi connectivity index (χ4n) is 2.93. The molecule has 2 rings (SSSR count). The van der Waals surface area contributed by atoms with Gasteiger partial charge >= 0.3 is 6.18 Å². The van der Waals surface area contributed by atoms with Gasteiger partial charge in [0.15, 0.2) is 11.7 Å². The summed E-state index contributed by atoms with van der Waals surface area (Å²) in [6, 6.07) is 0.126. The quantitative estimate of drug-likeness (QED) is 0.304. The molecule has 1 amide bonds. The van der Waals surface area contributed by atoms with Gasteiger partial charge in [0.25, 0.3) is 0 Å². The smallest absolute Gasteiger partial charge is 0.357 e. The lowest BCUT2D eigenvalue weighted by molar-refractivity contribution is -0.140. The molecule has 0 bridgehead atoms. The maximum Gasteiger partial charge on any atom is 0.434 e. The largest absolute Gasteiger partial charge is 0.434 e. The number of piperazine rings is 1. The highest BCUT2D eigenvalue weighted by molar-refractivity contribution is 14.0. The number of aliphatic imine (C=N–C) groups is 1. The number of aromatic nitrogens is 1. The molecule has 0 spiro atoms. The molecule has 7 nitrogen and oxygen atoms in total. The van der Waals surface area contributed by atoms with Crippen LogP contribution in [0.15, 0.2) is 10.4 Å². The maximum absolute atomic E-state index is 12.6. The Morgan fingerprint density at radius 2 is 1.97 bits per heavy atom. The Morgan fingerprint density at radius 3 is 2.50 bits per heavy atom. The van der Waals surface area contributed by atoms with Crippen molar-refractivity contribution >= 4 is 47.2 Å². The van der Waals surface area contributed by atoms with Crippen LogP contribution in [0.2, 0.25) is 0 Å². The second-order valence-electron chi connectivity index (χ2n) is 7.10. The number of rotatable bonds is 7. The minimum atomic E-state index is -4.40. The lowest BCUT2D eigenvalue weighted by Gasteiger charge is -2.36. The van der Waals surface area contributed by atoms with Crippen molar-refractivity contribution in [2.24, 2.45) is 4.99 Å². The first kappa shape index (κ1) is 26.9. The Balaban J connectivity index is 0.00000450. The Labute approximate surface area is 196 Å². The Hall–Kier alpha value is -1.15. The zero-order valence-electron chi connectivity index (χ0n) is 17.5. The molecule has 1 aromatic rings. The van der Waals surface area contributed by atoms with Crippen molar-refractivity contribution in [1.29, 1.82) is 0 Å². The number of hydrogen-bond acceptors (Lipinski definition) is 5. The molecule has 0 atom stereocenters. The van der Waals surface area contributed by atoms with Crippen LogP contribution in [0.3, 0.4) is 0 Å². The lowest BCUT2D eigenvalue weighted by Crippen LogP contribution is -2.54. The number of carbonyl (C=O) groups excluding carboxylic acids is 1. The van der Waals surface area contributed by atoms with Gasteiger partial charge in [0.05, 0.1) is 11.6 Å². The first-order valence-corrected chi connectivity index (χ1v) is 10.6. The molecule has 0 aliphatic carbocycles. The summed E-state index contributed by atoms with van der Waals surface area (Å²) < 4.78 is 37.9. The summed E-state index contributed by atoms with van der Waals surface area (Å²) in [5.41, 5.74) is -0.842. The van der Waals surface area contributed by atoms with Gasteiger partial charge in [-0.25, -0.2) is 4.98 Å². The van der Waals surface area contributed by atoms with Crippen LogP contribution in [0.5, 0.6) is 0 Å². The summed E-state index contributed by atoms with van der Waals surface area (Å²) in [5.74, 6) is 0.766. The minimum absolute atomic E-state index is 0. The number of nitrogens with one attached hydrogen (secondary N) is 2. The van der Waals surface area contributed by atoms with Gasteiger partial charge in [-0.2, -0.15) is 13.2 Å². The molecule has 30 heavy (non-hydrogen) atoms. The first-order chi connectivity index (χ1) is 13.7. The zero-order valence-corrected chi connectivity index (χ0v) is 20.6. The predicted octanol–water partition coefficient (Wildman–Crippen LogP) is 2.43. The third-order valence-corrected chi connectivity index (χ3v) is 5.16. The monoisotopic (exact) mass is 562 g/mol. The van der Waals surface area contributed by atoms with Gasteiger partial charge in [-0.05, 0) is 20.8 Å². The number of amides is 1. The molecule has 1 aliphatic rings. The van der Waals surface area contributed by atoms with E-state index in [2.05, 4.69) is 30.4 Å². The molecule has 1 fully saturated rings. The third kappa shape index (κ3) is 8.92. The van der Waals surface area contributed by atoms with Crippen molar-refractivity contribution in [1.82, 2.24) is 25.4 Å². The number of thiazole rings is 1. The van der Waals surface area contributed by atoms with Crippen LogP contribution < -0.4 is 10.6 Å². The van der Waals surface area contributed by atoms with Gasteiger partial charge in [-0.15, -0.1) is 35.3 Å². The molecule has 0 radical (unpaired) electrons. The van der Waals surface area contributed by atoms with E-state index in [1.165, 1.54) is 0 Å². The minimum Gasteiger partial charge on any atom is -0.357 e. The summed E-state index contributed by atoms with van der Waals surface area (Å²) in [4.78, 5) is 24.3. The van der Waals surface area contributed by atoms with Crippen molar-refractivity contribution in [3.05, 3.63) is 16.1 Å². The lowest BCUT2D eigenvalue weighted by atomic mass is 10.3. The number of guanidine groups is 1. The third-order valence-electron chi connectivity index (χ3n) is 4.25. The maximum atomic E-state index is 12.6. The highest BCUT2D eigenvalue weighted by Crippen LogP contribution is 2.30. The van der Waals surface area contributed by atoms with Crippen LogP contribution in [-0.2, 0) is 17.4 Å². The Morgan fingerprint density at radius 1 is 1.30 bits per heavy atom. The van der Waals surface area contributed by atoms with Crippen LogP contribution in [-0.4, -0.2) is 78.5 Å². The summed E-state index contributed by atoms with van der Waals surface area (Å²) in [6.45, 7) is 10.2. The summed E-state index contributed by atoms with van der Waals surface area (Å²) >= 11 is 1.01. The molecule has 1 aliphatic heterocycles. The average Bonchev–Trinajstić information content (AvgIpc) is 3.10. The molecular formula is C18H30F3IN6OS. The molecule has 12 heteroatoms. The van der Waals surface area contributed by atoms with Crippen molar-refractivity contribution in [3.63, 3.8) is 0 Å². The van der Waals surface area contributed by atoms with Gasteiger partial charge in [-0.3, -0.25) is 14.7 Å². The van der Waals surface area contributed by atoms with Gasteiger partial charge in [-0.1, -0.05) is 0 Å². The highest BCUT2D eigenvalue weighted by Gasteiger charge is 2.33. The Bertz CT molecular complexity index is 690. The molecule has 0 aromatic carbocycles. The van der Waals surface area contributed by atoms with Crippen molar-refractivity contribution < 1.29 is 18.0 Å².